The summed E-state index contributed by atoms with van der Waals surface area (Å²) >= 11 is 1.13. The molecule has 1 atom stereocenters. The average Bonchev–Trinajstić information content (AvgIpc) is 2.87. The van der Waals surface area contributed by atoms with Crippen molar-refractivity contribution in [1.82, 2.24) is 10.3 Å². The summed E-state index contributed by atoms with van der Waals surface area (Å²) in [5.74, 6) is -1.46. The number of ether oxygens (including phenoxy) is 1. The Morgan fingerprint density at radius 1 is 1.39 bits per heavy atom. The molecular formula is C15H15FN2O4S. The molecule has 2 aromatic rings. The number of benzene rings is 1. The van der Waals surface area contributed by atoms with Crippen molar-refractivity contribution < 1.29 is 23.8 Å². The van der Waals surface area contributed by atoms with Gasteiger partial charge in [-0.3, -0.25) is 9.59 Å². The standard InChI is InChI=1S/C15H15FN2O4S/c1-8-13(14(19)18-9(2)15(20)21)23-12(17-8)7-22-11-5-3-10(16)4-6-11/h3-6,9H,7H2,1-2H3,(H,18,19)(H,20,21). The van der Waals surface area contributed by atoms with Crippen molar-refractivity contribution in [2.24, 2.45) is 0 Å². The molecule has 1 unspecified atom stereocenters. The van der Waals surface area contributed by atoms with E-state index in [9.17, 15) is 14.0 Å². The molecule has 0 aliphatic rings. The van der Waals surface area contributed by atoms with Crippen LogP contribution in [0.15, 0.2) is 24.3 Å². The SMILES string of the molecule is Cc1nc(COc2ccc(F)cc2)sc1C(=O)NC(C)C(=O)O. The van der Waals surface area contributed by atoms with E-state index >= 15 is 0 Å². The van der Waals surface area contributed by atoms with Gasteiger partial charge in [0.2, 0.25) is 0 Å². The molecule has 0 bridgehead atoms. The molecule has 2 rings (SSSR count). The van der Waals surface area contributed by atoms with Crippen LogP contribution in [0.4, 0.5) is 4.39 Å². The van der Waals surface area contributed by atoms with Gasteiger partial charge < -0.3 is 15.2 Å². The summed E-state index contributed by atoms with van der Waals surface area (Å²) in [6.07, 6.45) is 0. The number of rotatable bonds is 6. The van der Waals surface area contributed by atoms with Crippen LogP contribution in [0.25, 0.3) is 0 Å². The molecule has 1 aromatic carbocycles. The van der Waals surface area contributed by atoms with Crippen molar-refractivity contribution in [3.63, 3.8) is 0 Å². The number of hydrogen-bond donors (Lipinski definition) is 2. The highest BCUT2D eigenvalue weighted by molar-refractivity contribution is 7.13. The van der Waals surface area contributed by atoms with E-state index in [1.807, 2.05) is 0 Å². The van der Waals surface area contributed by atoms with Crippen LogP contribution in [0.1, 0.15) is 27.3 Å². The first-order valence-corrected chi connectivity index (χ1v) is 7.57. The molecule has 0 saturated carbocycles. The third kappa shape index (κ3) is 4.49. The molecule has 1 heterocycles. The minimum absolute atomic E-state index is 0.138. The molecule has 6 nitrogen and oxygen atoms in total. The number of aliphatic carboxylic acids is 1. The Hall–Kier alpha value is -2.48. The minimum Gasteiger partial charge on any atom is -0.486 e. The van der Waals surface area contributed by atoms with Gasteiger partial charge in [0.05, 0.1) is 5.69 Å². The summed E-state index contributed by atoms with van der Waals surface area (Å²) in [5, 5.41) is 11.8. The second-order valence-electron chi connectivity index (χ2n) is 4.80. The van der Waals surface area contributed by atoms with E-state index in [0.717, 1.165) is 11.3 Å². The Bertz CT molecular complexity index is 715. The van der Waals surface area contributed by atoms with Gasteiger partial charge in [0.15, 0.2) is 0 Å². The summed E-state index contributed by atoms with van der Waals surface area (Å²) < 4.78 is 18.3. The van der Waals surface area contributed by atoms with Crippen molar-refractivity contribution in [2.45, 2.75) is 26.5 Å². The first-order valence-electron chi connectivity index (χ1n) is 6.75. The van der Waals surface area contributed by atoms with Crippen molar-refractivity contribution in [3.05, 3.63) is 45.7 Å². The number of hydrogen-bond acceptors (Lipinski definition) is 5. The minimum atomic E-state index is -1.11. The first-order chi connectivity index (χ1) is 10.9. The van der Waals surface area contributed by atoms with Gasteiger partial charge in [-0.2, -0.15) is 0 Å². The van der Waals surface area contributed by atoms with Crippen LogP contribution in [0.5, 0.6) is 5.75 Å². The summed E-state index contributed by atoms with van der Waals surface area (Å²) in [7, 11) is 0. The molecule has 122 valence electrons. The quantitative estimate of drug-likeness (QED) is 0.844. The van der Waals surface area contributed by atoms with Crippen molar-refractivity contribution >= 4 is 23.2 Å². The van der Waals surface area contributed by atoms with Crippen LogP contribution in [0, 0.1) is 12.7 Å². The first kappa shape index (κ1) is 16.9. The fourth-order valence-corrected chi connectivity index (χ4v) is 2.61. The van der Waals surface area contributed by atoms with Crippen LogP contribution in [-0.4, -0.2) is 28.0 Å². The molecule has 23 heavy (non-hydrogen) atoms. The topological polar surface area (TPSA) is 88.5 Å². The summed E-state index contributed by atoms with van der Waals surface area (Å²) in [6, 6.07) is 4.59. The molecule has 1 aromatic heterocycles. The van der Waals surface area contributed by atoms with Gasteiger partial charge in [-0.05, 0) is 38.1 Å². The smallest absolute Gasteiger partial charge is 0.325 e. The normalized spacial score (nSPS) is 11.8. The van der Waals surface area contributed by atoms with Gasteiger partial charge >= 0.3 is 5.97 Å². The third-order valence-corrected chi connectivity index (χ3v) is 4.07. The lowest BCUT2D eigenvalue weighted by Gasteiger charge is -2.07. The van der Waals surface area contributed by atoms with E-state index in [0.29, 0.717) is 21.3 Å². The lowest BCUT2D eigenvalue weighted by Crippen LogP contribution is -2.38. The second kappa shape index (κ2) is 7.19. The highest BCUT2D eigenvalue weighted by atomic mass is 32.1. The van der Waals surface area contributed by atoms with Crippen LogP contribution >= 0.6 is 11.3 Å². The predicted molar refractivity (Wildman–Crippen MR) is 82.1 cm³/mol. The zero-order valence-corrected chi connectivity index (χ0v) is 13.3. The monoisotopic (exact) mass is 338 g/mol. The molecule has 0 aliphatic heterocycles. The molecule has 0 aliphatic carbocycles. The fourth-order valence-electron chi connectivity index (χ4n) is 1.72. The second-order valence-corrected chi connectivity index (χ2v) is 5.88. The van der Waals surface area contributed by atoms with Gasteiger partial charge in [0, 0.05) is 0 Å². The number of carboxylic acid groups (broad SMARTS) is 1. The summed E-state index contributed by atoms with van der Waals surface area (Å²) in [5.41, 5.74) is 0.503. The summed E-state index contributed by atoms with van der Waals surface area (Å²) in [4.78, 5) is 27.4. The van der Waals surface area contributed by atoms with Crippen molar-refractivity contribution in [3.8, 4) is 5.75 Å². The van der Waals surface area contributed by atoms with Gasteiger partial charge in [0.25, 0.3) is 5.91 Å². The van der Waals surface area contributed by atoms with Crippen molar-refractivity contribution in [1.29, 1.82) is 0 Å². The number of halogens is 1. The molecule has 2 N–H and O–H groups in total. The number of aromatic nitrogens is 1. The highest BCUT2D eigenvalue weighted by Gasteiger charge is 2.20. The number of carbonyl (C=O) groups excluding carboxylic acids is 1. The van der Waals surface area contributed by atoms with E-state index in [1.54, 1.807) is 6.92 Å². The lowest BCUT2D eigenvalue weighted by atomic mass is 10.3. The molecule has 8 heteroatoms. The third-order valence-electron chi connectivity index (χ3n) is 2.94. The Kier molecular flexibility index (Phi) is 5.28. The van der Waals surface area contributed by atoms with E-state index in [-0.39, 0.29) is 12.4 Å². The van der Waals surface area contributed by atoms with Crippen LogP contribution < -0.4 is 10.1 Å². The lowest BCUT2D eigenvalue weighted by molar-refractivity contribution is -0.138. The Labute approximate surface area is 135 Å². The zero-order chi connectivity index (χ0) is 17.0. The van der Waals surface area contributed by atoms with Gasteiger partial charge in [-0.15, -0.1) is 11.3 Å². The molecule has 0 fully saturated rings. The largest absolute Gasteiger partial charge is 0.486 e. The number of nitrogens with one attached hydrogen (secondary N) is 1. The Balaban J connectivity index is 2.01. The van der Waals surface area contributed by atoms with Crippen LogP contribution in [-0.2, 0) is 11.4 Å². The van der Waals surface area contributed by atoms with Crippen molar-refractivity contribution in [2.75, 3.05) is 0 Å². The number of nitrogens with zero attached hydrogens (tertiary/aromatic N) is 1. The summed E-state index contributed by atoms with van der Waals surface area (Å²) in [6.45, 7) is 3.19. The number of aryl methyl sites for hydroxylation is 1. The number of carbonyl (C=O) groups is 2. The fraction of sp³-hybridized carbons (Fsp3) is 0.267. The maximum atomic E-state index is 12.8. The van der Waals surface area contributed by atoms with E-state index in [2.05, 4.69) is 10.3 Å². The maximum absolute atomic E-state index is 12.8. The molecule has 0 saturated heterocycles. The molecular weight excluding hydrogens is 323 g/mol. The molecule has 0 spiro atoms. The van der Waals surface area contributed by atoms with E-state index < -0.39 is 17.9 Å². The van der Waals surface area contributed by atoms with Gasteiger partial charge in [0.1, 0.15) is 34.1 Å². The highest BCUT2D eigenvalue weighted by Crippen LogP contribution is 2.20. The zero-order valence-electron chi connectivity index (χ0n) is 12.5. The maximum Gasteiger partial charge on any atom is 0.325 e. The number of carboxylic acids is 1. The van der Waals surface area contributed by atoms with Crippen LogP contribution in [0.3, 0.4) is 0 Å². The molecule has 0 radical (unpaired) electrons. The average molecular weight is 338 g/mol. The van der Waals surface area contributed by atoms with Gasteiger partial charge in [-0.1, -0.05) is 0 Å². The molecule has 1 amide bonds. The Morgan fingerprint density at radius 2 is 2.04 bits per heavy atom. The Morgan fingerprint density at radius 3 is 2.65 bits per heavy atom. The number of thiazole rings is 1. The van der Waals surface area contributed by atoms with Crippen LogP contribution in [0.2, 0.25) is 0 Å². The predicted octanol–water partition coefficient (Wildman–Crippen LogP) is 2.37. The van der Waals surface area contributed by atoms with E-state index in [1.165, 1.54) is 31.2 Å². The van der Waals surface area contributed by atoms with Gasteiger partial charge in [-0.25, -0.2) is 9.37 Å². The number of amides is 1. The van der Waals surface area contributed by atoms with E-state index in [4.69, 9.17) is 9.84 Å².